The standard InChI is InChI=1S/C10H12ClN3O2S/c1-13-17(15,16)6-5-14-10-4-2-3-9(11)8(10)7-12/h2-4,13-14H,5-6H2,1H3. The molecule has 0 aliphatic heterocycles. The highest BCUT2D eigenvalue weighted by atomic mass is 35.5. The molecule has 0 atom stereocenters. The quantitative estimate of drug-likeness (QED) is 0.844. The molecule has 0 amide bonds. The minimum Gasteiger partial charge on any atom is -0.383 e. The molecule has 0 saturated heterocycles. The minimum absolute atomic E-state index is 0.0686. The lowest BCUT2D eigenvalue weighted by atomic mass is 10.2. The smallest absolute Gasteiger partial charge is 0.213 e. The fourth-order valence-electron chi connectivity index (χ4n) is 1.21. The summed E-state index contributed by atoms with van der Waals surface area (Å²) in [4.78, 5) is 0. The number of hydrogen-bond donors (Lipinski definition) is 2. The van der Waals surface area contributed by atoms with Gasteiger partial charge in [-0.15, -0.1) is 0 Å². The van der Waals surface area contributed by atoms with Crippen molar-refractivity contribution in [1.82, 2.24) is 4.72 Å². The van der Waals surface area contributed by atoms with Crippen LogP contribution in [0.5, 0.6) is 0 Å². The Balaban J connectivity index is 2.72. The highest BCUT2D eigenvalue weighted by Crippen LogP contribution is 2.22. The summed E-state index contributed by atoms with van der Waals surface area (Å²) in [5.41, 5.74) is 0.849. The molecule has 0 radical (unpaired) electrons. The minimum atomic E-state index is -3.25. The van der Waals surface area contributed by atoms with Crippen LogP contribution >= 0.6 is 11.6 Å². The first kappa shape index (κ1) is 13.8. The van der Waals surface area contributed by atoms with Crippen LogP contribution in [0.15, 0.2) is 18.2 Å². The number of nitriles is 1. The maximum Gasteiger partial charge on any atom is 0.213 e. The third-order valence-electron chi connectivity index (χ3n) is 2.12. The molecule has 0 bridgehead atoms. The first-order chi connectivity index (χ1) is 8.00. The molecule has 1 aromatic rings. The number of halogens is 1. The number of anilines is 1. The van der Waals surface area contributed by atoms with Crippen molar-refractivity contribution in [2.45, 2.75) is 0 Å². The van der Waals surface area contributed by atoms with E-state index in [2.05, 4.69) is 10.0 Å². The van der Waals surface area contributed by atoms with Crippen LogP contribution in [0.1, 0.15) is 5.56 Å². The van der Waals surface area contributed by atoms with Crippen LogP contribution in [0.25, 0.3) is 0 Å². The summed E-state index contributed by atoms with van der Waals surface area (Å²) in [6, 6.07) is 6.94. The van der Waals surface area contributed by atoms with E-state index in [1.165, 1.54) is 7.05 Å². The third kappa shape index (κ3) is 3.89. The van der Waals surface area contributed by atoms with Crippen molar-refractivity contribution in [2.75, 3.05) is 24.7 Å². The molecule has 5 nitrogen and oxygen atoms in total. The molecule has 0 unspecified atom stereocenters. The van der Waals surface area contributed by atoms with E-state index < -0.39 is 10.0 Å². The molecule has 0 heterocycles. The van der Waals surface area contributed by atoms with Gasteiger partial charge in [-0.05, 0) is 19.2 Å². The predicted octanol–water partition coefficient (Wildman–Crippen LogP) is 1.17. The number of sulfonamides is 1. The van der Waals surface area contributed by atoms with Crippen LogP contribution in [-0.4, -0.2) is 27.8 Å². The number of nitrogens with zero attached hydrogens (tertiary/aromatic N) is 1. The highest BCUT2D eigenvalue weighted by molar-refractivity contribution is 7.89. The van der Waals surface area contributed by atoms with Crippen LogP contribution in [0.4, 0.5) is 5.69 Å². The van der Waals surface area contributed by atoms with E-state index in [0.717, 1.165) is 0 Å². The number of rotatable bonds is 5. The second kappa shape index (κ2) is 5.87. The van der Waals surface area contributed by atoms with Gasteiger partial charge >= 0.3 is 0 Å². The van der Waals surface area contributed by atoms with E-state index in [1.807, 2.05) is 6.07 Å². The Bertz CT molecular complexity index is 537. The van der Waals surface area contributed by atoms with Gasteiger partial charge in [-0.3, -0.25) is 0 Å². The van der Waals surface area contributed by atoms with Crippen molar-refractivity contribution in [2.24, 2.45) is 0 Å². The second-order valence-corrected chi connectivity index (χ2v) is 5.68. The Morgan fingerprint density at radius 1 is 1.47 bits per heavy atom. The van der Waals surface area contributed by atoms with Crippen molar-refractivity contribution in [1.29, 1.82) is 5.26 Å². The van der Waals surface area contributed by atoms with Crippen LogP contribution in [-0.2, 0) is 10.0 Å². The molecule has 0 aliphatic rings. The van der Waals surface area contributed by atoms with Crippen LogP contribution in [0.2, 0.25) is 5.02 Å². The molecular formula is C10H12ClN3O2S. The van der Waals surface area contributed by atoms with E-state index >= 15 is 0 Å². The summed E-state index contributed by atoms with van der Waals surface area (Å²) in [7, 11) is -1.89. The van der Waals surface area contributed by atoms with Gasteiger partial charge in [-0.1, -0.05) is 17.7 Å². The molecule has 0 aliphatic carbocycles. The zero-order valence-electron chi connectivity index (χ0n) is 9.20. The van der Waals surface area contributed by atoms with Gasteiger partial charge in [0.2, 0.25) is 10.0 Å². The summed E-state index contributed by atoms with van der Waals surface area (Å²) < 4.78 is 24.5. The number of benzene rings is 1. The SMILES string of the molecule is CNS(=O)(=O)CCNc1cccc(Cl)c1C#N. The zero-order valence-corrected chi connectivity index (χ0v) is 10.8. The molecule has 0 saturated carbocycles. The normalized spacial score (nSPS) is 10.9. The van der Waals surface area contributed by atoms with Gasteiger partial charge in [0.1, 0.15) is 6.07 Å². The van der Waals surface area contributed by atoms with Crippen LogP contribution < -0.4 is 10.0 Å². The molecule has 1 rings (SSSR count). The molecule has 0 aromatic heterocycles. The third-order valence-corrected chi connectivity index (χ3v) is 3.80. The van der Waals surface area contributed by atoms with E-state index in [1.54, 1.807) is 18.2 Å². The van der Waals surface area contributed by atoms with E-state index in [4.69, 9.17) is 16.9 Å². The molecule has 1 aromatic carbocycles. The van der Waals surface area contributed by atoms with E-state index in [-0.39, 0.29) is 12.3 Å². The Morgan fingerprint density at radius 2 is 2.18 bits per heavy atom. The summed E-state index contributed by atoms with van der Waals surface area (Å²) in [5.74, 6) is -0.0686. The van der Waals surface area contributed by atoms with Crippen molar-refractivity contribution >= 4 is 27.3 Å². The molecule has 0 spiro atoms. The average Bonchev–Trinajstić information content (AvgIpc) is 2.29. The maximum atomic E-state index is 11.2. The largest absolute Gasteiger partial charge is 0.383 e. The van der Waals surface area contributed by atoms with Gasteiger partial charge in [-0.2, -0.15) is 5.26 Å². The van der Waals surface area contributed by atoms with Gasteiger partial charge in [0.25, 0.3) is 0 Å². The lowest BCUT2D eigenvalue weighted by Gasteiger charge is -2.08. The Hall–Kier alpha value is -1.29. The van der Waals surface area contributed by atoms with E-state index in [0.29, 0.717) is 16.3 Å². The van der Waals surface area contributed by atoms with Gasteiger partial charge in [0.15, 0.2) is 0 Å². The number of nitrogens with one attached hydrogen (secondary N) is 2. The molecular weight excluding hydrogens is 262 g/mol. The lowest BCUT2D eigenvalue weighted by Crippen LogP contribution is -2.26. The summed E-state index contributed by atoms with van der Waals surface area (Å²) in [6.07, 6.45) is 0. The van der Waals surface area contributed by atoms with Crippen molar-refractivity contribution < 1.29 is 8.42 Å². The Morgan fingerprint density at radius 3 is 2.76 bits per heavy atom. The summed E-state index contributed by atoms with van der Waals surface area (Å²) in [6.45, 7) is 0.207. The topological polar surface area (TPSA) is 82.0 Å². The molecule has 2 N–H and O–H groups in total. The predicted molar refractivity (Wildman–Crippen MR) is 67.5 cm³/mol. The summed E-state index contributed by atoms with van der Waals surface area (Å²) >= 11 is 5.83. The number of hydrogen-bond acceptors (Lipinski definition) is 4. The summed E-state index contributed by atoms with van der Waals surface area (Å²) in [5, 5.41) is 12.1. The lowest BCUT2D eigenvalue weighted by molar-refractivity contribution is 0.588. The second-order valence-electron chi connectivity index (χ2n) is 3.22. The molecule has 0 fully saturated rings. The van der Waals surface area contributed by atoms with Gasteiger partial charge in [0, 0.05) is 6.54 Å². The van der Waals surface area contributed by atoms with Crippen molar-refractivity contribution in [3.05, 3.63) is 28.8 Å². The van der Waals surface area contributed by atoms with Crippen molar-refractivity contribution in [3.63, 3.8) is 0 Å². The molecule has 92 valence electrons. The average molecular weight is 274 g/mol. The fourth-order valence-corrected chi connectivity index (χ4v) is 2.00. The first-order valence-corrected chi connectivity index (χ1v) is 6.87. The van der Waals surface area contributed by atoms with E-state index in [9.17, 15) is 8.42 Å². The van der Waals surface area contributed by atoms with Crippen molar-refractivity contribution in [3.8, 4) is 6.07 Å². The van der Waals surface area contributed by atoms with Crippen LogP contribution in [0.3, 0.4) is 0 Å². The van der Waals surface area contributed by atoms with Gasteiger partial charge in [0.05, 0.1) is 22.0 Å². The monoisotopic (exact) mass is 273 g/mol. The fraction of sp³-hybridized carbons (Fsp3) is 0.300. The van der Waals surface area contributed by atoms with Crippen LogP contribution in [0, 0.1) is 11.3 Å². The Kier molecular flexibility index (Phi) is 4.75. The molecule has 17 heavy (non-hydrogen) atoms. The highest BCUT2D eigenvalue weighted by Gasteiger charge is 2.08. The first-order valence-electron chi connectivity index (χ1n) is 4.84. The van der Waals surface area contributed by atoms with Gasteiger partial charge in [-0.25, -0.2) is 13.1 Å². The Labute approximate surface area is 105 Å². The maximum absolute atomic E-state index is 11.2. The molecule has 7 heteroatoms. The van der Waals surface area contributed by atoms with Gasteiger partial charge < -0.3 is 5.32 Å². The zero-order chi connectivity index (χ0) is 12.9.